The Morgan fingerprint density at radius 2 is 1.62 bits per heavy atom. The lowest BCUT2D eigenvalue weighted by molar-refractivity contribution is -0.114. The molecular weight excluding hydrogens is 416 g/mol. The minimum absolute atomic E-state index is 0.0414. The zero-order chi connectivity index (χ0) is 21.4. The van der Waals surface area contributed by atoms with E-state index in [2.05, 4.69) is 10.6 Å². The highest BCUT2D eigenvalue weighted by Gasteiger charge is 2.14. The van der Waals surface area contributed by atoms with Crippen LogP contribution >= 0.6 is 23.4 Å². The van der Waals surface area contributed by atoms with E-state index in [0.29, 0.717) is 22.1 Å². The summed E-state index contributed by atoms with van der Waals surface area (Å²) in [6.07, 6.45) is 0. The summed E-state index contributed by atoms with van der Waals surface area (Å²) in [6, 6.07) is 9.89. The monoisotopic (exact) mass is 436 g/mol. The summed E-state index contributed by atoms with van der Waals surface area (Å²) in [5.74, 6) is -0.593. The average molecular weight is 437 g/mol. The van der Waals surface area contributed by atoms with Crippen molar-refractivity contribution in [1.82, 2.24) is 0 Å². The zero-order valence-electron chi connectivity index (χ0n) is 16.2. The van der Waals surface area contributed by atoms with Gasteiger partial charge in [0.2, 0.25) is 11.8 Å². The molecule has 2 aromatic carbocycles. The first kappa shape index (κ1) is 22.6. The number of anilines is 2. The minimum Gasteiger partial charge on any atom is -0.495 e. The van der Waals surface area contributed by atoms with Gasteiger partial charge in [-0.3, -0.25) is 9.59 Å². The van der Waals surface area contributed by atoms with Crippen molar-refractivity contribution in [2.75, 3.05) is 36.4 Å². The van der Waals surface area contributed by atoms with E-state index < -0.39 is 5.97 Å². The molecule has 0 atom stereocenters. The number of carbonyl (C=O) groups excluding carboxylic acids is 3. The Kier molecular flexibility index (Phi) is 8.35. The molecule has 9 heteroatoms. The lowest BCUT2D eigenvalue weighted by atomic mass is 10.2. The van der Waals surface area contributed by atoms with Gasteiger partial charge in [-0.05, 0) is 30.7 Å². The molecule has 0 aliphatic carbocycles. The number of halogens is 1. The molecular formula is C20H21ClN2O5S. The molecule has 0 aliphatic heterocycles. The lowest BCUT2D eigenvalue weighted by Gasteiger charge is -2.12. The number of hydrogen-bond donors (Lipinski definition) is 2. The molecule has 0 spiro atoms. The van der Waals surface area contributed by atoms with E-state index in [-0.39, 0.29) is 28.9 Å². The molecule has 0 heterocycles. The highest BCUT2D eigenvalue weighted by molar-refractivity contribution is 8.00. The van der Waals surface area contributed by atoms with Crippen LogP contribution in [0.1, 0.15) is 15.9 Å². The zero-order valence-corrected chi connectivity index (χ0v) is 17.8. The summed E-state index contributed by atoms with van der Waals surface area (Å²) in [6.45, 7) is 1.82. The highest BCUT2D eigenvalue weighted by Crippen LogP contribution is 2.31. The van der Waals surface area contributed by atoms with Crippen LogP contribution in [0.5, 0.6) is 5.75 Å². The fourth-order valence-corrected chi connectivity index (χ4v) is 3.19. The maximum Gasteiger partial charge on any atom is 0.339 e. The van der Waals surface area contributed by atoms with Crippen LogP contribution in [0.3, 0.4) is 0 Å². The fraction of sp³-hybridized carbons (Fsp3) is 0.250. The molecule has 0 saturated heterocycles. The number of carbonyl (C=O) groups is 3. The predicted octanol–water partition coefficient (Wildman–Crippen LogP) is 3.75. The predicted molar refractivity (Wildman–Crippen MR) is 115 cm³/mol. The van der Waals surface area contributed by atoms with Crippen LogP contribution in [0, 0.1) is 6.92 Å². The second kappa shape index (κ2) is 10.7. The molecule has 2 N–H and O–H groups in total. The number of benzene rings is 2. The van der Waals surface area contributed by atoms with Gasteiger partial charge >= 0.3 is 5.97 Å². The Morgan fingerprint density at radius 3 is 2.24 bits per heavy atom. The summed E-state index contributed by atoms with van der Waals surface area (Å²) in [7, 11) is 2.76. The van der Waals surface area contributed by atoms with Crippen molar-refractivity contribution in [3.63, 3.8) is 0 Å². The summed E-state index contributed by atoms with van der Waals surface area (Å²) in [5, 5.41) is 5.94. The normalized spacial score (nSPS) is 10.2. The SMILES string of the molecule is COC(=O)c1ccccc1NC(=O)CSCC(=O)Nc1cc(C)c(Cl)cc1OC. The van der Waals surface area contributed by atoms with E-state index in [9.17, 15) is 14.4 Å². The van der Waals surface area contributed by atoms with E-state index in [1.165, 1.54) is 14.2 Å². The first-order valence-corrected chi connectivity index (χ1v) is 10.1. The third kappa shape index (κ3) is 6.40. The average Bonchev–Trinajstić information content (AvgIpc) is 2.70. The summed E-state index contributed by atoms with van der Waals surface area (Å²) in [4.78, 5) is 36.1. The van der Waals surface area contributed by atoms with Crippen LogP contribution in [0.4, 0.5) is 11.4 Å². The van der Waals surface area contributed by atoms with E-state index in [0.717, 1.165) is 17.3 Å². The van der Waals surface area contributed by atoms with E-state index in [1.54, 1.807) is 36.4 Å². The number of hydrogen-bond acceptors (Lipinski definition) is 6. The molecule has 0 fully saturated rings. The van der Waals surface area contributed by atoms with E-state index >= 15 is 0 Å². The summed E-state index contributed by atoms with van der Waals surface area (Å²) < 4.78 is 9.92. The second-order valence-electron chi connectivity index (χ2n) is 5.93. The van der Waals surface area contributed by atoms with Gasteiger partial charge < -0.3 is 20.1 Å². The van der Waals surface area contributed by atoms with Gasteiger partial charge in [-0.2, -0.15) is 0 Å². The number of methoxy groups -OCH3 is 2. The largest absolute Gasteiger partial charge is 0.495 e. The molecule has 0 unspecified atom stereocenters. The van der Waals surface area contributed by atoms with Crippen molar-refractivity contribution in [2.24, 2.45) is 0 Å². The third-order valence-electron chi connectivity index (χ3n) is 3.83. The maximum atomic E-state index is 12.2. The Balaban J connectivity index is 1.88. The Bertz CT molecular complexity index is 920. The highest BCUT2D eigenvalue weighted by atomic mass is 35.5. The number of aryl methyl sites for hydroxylation is 1. The Labute approximate surface area is 178 Å². The molecule has 2 aromatic rings. The number of ether oxygens (including phenoxy) is 2. The van der Waals surface area contributed by atoms with Crippen LogP contribution < -0.4 is 15.4 Å². The number of rotatable bonds is 8. The molecule has 2 rings (SSSR count). The molecule has 2 amide bonds. The second-order valence-corrected chi connectivity index (χ2v) is 7.32. The van der Waals surface area contributed by atoms with Crippen molar-refractivity contribution in [3.8, 4) is 5.75 Å². The molecule has 0 saturated carbocycles. The third-order valence-corrected chi connectivity index (χ3v) is 5.17. The Morgan fingerprint density at radius 1 is 1.00 bits per heavy atom. The fourth-order valence-electron chi connectivity index (χ4n) is 2.42. The molecule has 29 heavy (non-hydrogen) atoms. The van der Waals surface area contributed by atoms with Crippen LogP contribution in [0.15, 0.2) is 36.4 Å². The molecule has 154 valence electrons. The number of nitrogens with one attached hydrogen (secondary N) is 2. The number of para-hydroxylation sites is 1. The number of amides is 2. The number of thioether (sulfide) groups is 1. The molecule has 0 radical (unpaired) electrons. The van der Waals surface area contributed by atoms with Gasteiger partial charge in [0.15, 0.2) is 0 Å². The van der Waals surface area contributed by atoms with Crippen molar-refractivity contribution in [1.29, 1.82) is 0 Å². The van der Waals surface area contributed by atoms with E-state index in [4.69, 9.17) is 21.1 Å². The van der Waals surface area contributed by atoms with Crippen molar-refractivity contribution in [3.05, 3.63) is 52.5 Å². The lowest BCUT2D eigenvalue weighted by Crippen LogP contribution is -2.20. The van der Waals surface area contributed by atoms with Gasteiger partial charge in [0.1, 0.15) is 5.75 Å². The van der Waals surface area contributed by atoms with E-state index in [1.807, 2.05) is 6.92 Å². The quantitative estimate of drug-likeness (QED) is 0.612. The van der Waals surface area contributed by atoms with Crippen molar-refractivity contribution >= 4 is 52.5 Å². The molecule has 7 nitrogen and oxygen atoms in total. The van der Waals surface area contributed by atoms with Gasteiger partial charge in [-0.1, -0.05) is 23.7 Å². The van der Waals surface area contributed by atoms with Crippen LogP contribution in [0.25, 0.3) is 0 Å². The van der Waals surface area contributed by atoms with Gasteiger partial charge in [0.25, 0.3) is 0 Å². The van der Waals surface area contributed by atoms with Crippen LogP contribution in [-0.4, -0.2) is 43.5 Å². The van der Waals surface area contributed by atoms with Gasteiger partial charge in [-0.25, -0.2) is 4.79 Å². The first-order chi connectivity index (χ1) is 13.8. The van der Waals surface area contributed by atoms with Crippen molar-refractivity contribution in [2.45, 2.75) is 6.92 Å². The number of esters is 1. The molecule has 0 bridgehead atoms. The summed E-state index contributed by atoms with van der Waals surface area (Å²) in [5.41, 5.74) is 1.93. The Hall–Kier alpha value is -2.71. The molecule has 0 aliphatic rings. The van der Waals surface area contributed by atoms with Crippen LogP contribution in [0.2, 0.25) is 5.02 Å². The van der Waals surface area contributed by atoms with Crippen LogP contribution in [-0.2, 0) is 14.3 Å². The van der Waals surface area contributed by atoms with Gasteiger partial charge in [-0.15, -0.1) is 11.8 Å². The standard InChI is InChI=1S/C20H21ClN2O5S/c1-12-8-16(17(27-2)9-14(12)21)23-19(25)11-29-10-18(24)22-15-7-5-4-6-13(15)20(26)28-3/h4-9H,10-11H2,1-3H3,(H,22,24)(H,23,25). The van der Waals surface area contributed by atoms with Gasteiger partial charge in [0, 0.05) is 11.1 Å². The topological polar surface area (TPSA) is 93.7 Å². The first-order valence-electron chi connectivity index (χ1n) is 8.54. The minimum atomic E-state index is -0.542. The maximum absolute atomic E-state index is 12.2. The van der Waals surface area contributed by atoms with Crippen molar-refractivity contribution < 1.29 is 23.9 Å². The smallest absolute Gasteiger partial charge is 0.339 e. The van der Waals surface area contributed by atoms with Gasteiger partial charge in [0.05, 0.1) is 42.7 Å². The summed E-state index contributed by atoms with van der Waals surface area (Å²) >= 11 is 7.20. The molecule has 0 aromatic heterocycles.